The van der Waals surface area contributed by atoms with Gasteiger partial charge in [0.1, 0.15) is 5.75 Å². The summed E-state index contributed by atoms with van der Waals surface area (Å²) in [5, 5.41) is 0. The predicted octanol–water partition coefficient (Wildman–Crippen LogP) is 3.04. The molecule has 1 aromatic carbocycles. The number of aromatic nitrogens is 1. The molecule has 0 aliphatic carbocycles. The van der Waals surface area contributed by atoms with Gasteiger partial charge in [0.25, 0.3) is 0 Å². The minimum Gasteiger partial charge on any atom is -0.494 e. The number of pyridine rings is 1. The van der Waals surface area contributed by atoms with Crippen LogP contribution in [0.4, 0.5) is 0 Å². The lowest BCUT2D eigenvalue weighted by atomic mass is 10.2. The van der Waals surface area contributed by atoms with Crippen LogP contribution in [0.3, 0.4) is 0 Å². The van der Waals surface area contributed by atoms with Gasteiger partial charge in [0, 0.05) is 38.6 Å². The summed E-state index contributed by atoms with van der Waals surface area (Å²) in [4.78, 5) is 8.78. The van der Waals surface area contributed by atoms with Crippen LogP contribution in [0, 0.1) is 0 Å². The summed E-state index contributed by atoms with van der Waals surface area (Å²) in [7, 11) is 4.23. The van der Waals surface area contributed by atoms with Crippen LogP contribution < -0.4 is 4.74 Å². The van der Waals surface area contributed by atoms with E-state index >= 15 is 0 Å². The number of nitrogens with zero attached hydrogens (tertiary/aromatic N) is 3. The Hall–Kier alpha value is -1.91. The van der Waals surface area contributed by atoms with E-state index in [9.17, 15) is 0 Å². The van der Waals surface area contributed by atoms with Crippen LogP contribution in [0.15, 0.2) is 48.8 Å². The molecule has 2 aromatic rings. The van der Waals surface area contributed by atoms with Crippen molar-refractivity contribution < 1.29 is 4.74 Å². The second kappa shape index (κ2) is 9.28. The van der Waals surface area contributed by atoms with Gasteiger partial charge in [-0.1, -0.05) is 12.1 Å². The molecule has 0 atom stereocenters. The number of benzene rings is 1. The molecule has 0 aliphatic rings. The molecule has 0 spiro atoms. The second-order valence-corrected chi connectivity index (χ2v) is 5.95. The first-order chi connectivity index (χ1) is 11.2. The third-order valence-corrected chi connectivity index (χ3v) is 3.66. The number of hydrogen-bond donors (Lipinski definition) is 0. The lowest BCUT2D eigenvalue weighted by Crippen LogP contribution is -2.31. The Bertz CT molecular complexity index is 555. The maximum absolute atomic E-state index is 5.51. The van der Waals surface area contributed by atoms with Crippen molar-refractivity contribution in [1.29, 1.82) is 0 Å². The van der Waals surface area contributed by atoms with Gasteiger partial charge in [-0.2, -0.15) is 0 Å². The first-order valence-electron chi connectivity index (χ1n) is 8.15. The van der Waals surface area contributed by atoms with E-state index < -0.39 is 0 Å². The molecular formula is C19H27N3O. The fourth-order valence-electron chi connectivity index (χ4n) is 2.42. The minimum absolute atomic E-state index is 0.705. The van der Waals surface area contributed by atoms with E-state index in [1.807, 2.05) is 19.3 Å². The first kappa shape index (κ1) is 17.4. The molecule has 1 heterocycles. The third kappa shape index (κ3) is 6.38. The van der Waals surface area contributed by atoms with Gasteiger partial charge < -0.3 is 9.64 Å². The number of likely N-dealkylation sites (N-methyl/N-ethyl adjacent to an activating group) is 1. The van der Waals surface area contributed by atoms with E-state index in [0.717, 1.165) is 31.9 Å². The van der Waals surface area contributed by atoms with Crippen molar-refractivity contribution in [1.82, 2.24) is 14.8 Å². The quantitative estimate of drug-likeness (QED) is 0.711. The van der Waals surface area contributed by atoms with Crippen molar-refractivity contribution in [3.8, 4) is 5.75 Å². The zero-order valence-electron chi connectivity index (χ0n) is 14.4. The molecule has 4 heteroatoms. The van der Waals surface area contributed by atoms with E-state index in [1.54, 1.807) is 0 Å². The van der Waals surface area contributed by atoms with Crippen molar-refractivity contribution in [3.63, 3.8) is 0 Å². The second-order valence-electron chi connectivity index (χ2n) is 5.95. The monoisotopic (exact) mass is 313 g/mol. The average Bonchev–Trinajstić information content (AvgIpc) is 2.55. The fourth-order valence-corrected chi connectivity index (χ4v) is 2.42. The molecule has 124 valence electrons. The van der Waals surface area contributed by atoms with Gasteiger partial charge in [-0.25, -0.2) is 0 Å². The van der Waals surface area contributed by atoms with Gasteiger partial charge in [-0.3, -0.25) is 9.88 Å². The molecule has 0 saturated carbocycles. The van der Waals surface area contributed by atoms with Gasteiger partial charge in [0.05, 0.1) is 6.61 Å². The molecule has 23 heavy (non-hydrogen) atoms. The standard InChI is InChI=1S/C19H27N3O/c1-4-23-19-7-5-17(6-8-19)15-22(14-13-21(2)3)16-18-9-11-20-12-10-18/h5-12H,4,13-16H2,1-3H3. The number of hydrogen-bond acceptors (Lipinski definition) is 4. The SMILES string of the molecule is CCOc1ccc(CN(CCN(C)C)Cc2ccncc2)cc1. The van der Waals surface area contributed by atoms with Crippen molar-refractivity contribution in [3.05, 3.63) is 59.9 Å². The highest BCUT2D eigenvalue weighted by atomic mass is 16.5. The number of rotatable bonds is 9. The maximum Gasteiger partial charge on any atom is 0.119 e. The fraction of sp³-hybridized carbons (Fsp3) is 0.421. The van der Waals surface area contributed by atoms with Gasteiger partial charge in [-0.05, 0) is 56.4 Å². The van der Waals surface area contributed by atoms with Crippen molar-refractivity contribution >= 4 is 0 Å². The van der Waals surface area contributed by atoms with E-state index in [1.165, 1.54) is 11.1 Å². The summed E-state index contributed by atoms with van der Waals surface area (Å²) in [6, 6.07) is 12.6. The summed E-state index contributed by atoms with van der Waals surface area (Å²) in [6.45, 7) is 6.65. The molecule has 0 radical (unpaired) electrons. The van der Waals surface area contributed by atoms with Crippen molar-refractivity contribution in [2.75, 3.05) is 33.8 Å². The highest BCUT2D eigenvalue weighted by molar-refractivity contribution is 5.27. The molecule has 0 saturated heterocycles. The Morgan fingerprint density at radius 3 is 2.04 bits per heavy atom. The van der Waals surface area contributed by atoms with E-state index in [4.69, 9.17) is 4.74 Å². The highest BCUT2D eigenvalue weighted by Crippen LogP contribution is 2.15. The molecule has 0 bridgehead atoms. The molecule has 0 N–H and O–H groups in total. The summed E-state index contributed by atoms with van der Waals surface area (Å²) in [6.07, 6.45) is 3.71. The average molecular weight is 313 g/mol. The summed E-state index contributed by atoms with van der Waals surface area (Å²) >= 11 is 0. The summed E-state index contributed by atoms with van der Waals surface area (Å²) in [5.41, 5.74) is 2.60. The third-order valence-electron chi connectivity index (χ3n) is 3.66. The minimum atomic E-state index is 0.705. The molecule has 0 unspecified atom stereocenters. The molecular weight excluding hydrogens is 286 g/mol. The maximum atomic E-state index is 5.51. The van der Waals surface area contributed by atoms with Crippen LogP contribution in [0.2, 0.25) is 0 Å². The van der Waals surface area contributed by atoms with Gasteiger partial charge in [-0.15, -0.1) is 0 Å². The van der Waals surface area contributed by atoms with Gasteiger partial charge in [0.15, 0.2) is 0 Å². The molecule has 4 nitrogen and oxygen atoms in total. The molecule has 2 rings (SSSR count). The smallest absolute Gasteiger partial charge is 0.119 e. The topological polar surface area (TPSA) is 28.6 Å². The normalized spacial score (nSPS) is 11.2. The first-order valence-corrected chi connectivity index (χ1v) is 8.15. The highest BCUT2D eigenvalue weighted by Gasteiger charge is 2.08. The Balaban J connectivity index is 2.00. The Kier molecular flexibility index (Phi) is 7.04. The van der Waals surface area contributed by atoms with Gasteiger partial charge >= 0.3 is 0 Å². The Morgan fingerprint density at radius 2 is 1.48 bits per heavy atom. The molecule has 0 fully saturated rings. The van der Waals surface area contributed by atoms with E-state index in [-0.39, 0.29) is 0 Å². The summed E-state index contributed by atoms with van der Waals surface area (Å²) < 4.78 is 5.51. The van der Waals surface area contributed by atoms with Crippen LogP contribution in [0.1, 0.15) is 18.1 Å². The van der Waals surface area contributed by atoms with Crippen molar-refractivity contribution in [2.45, 2.75) is 20.0 Å². The van der Waals surface area contributed by atoms with E-state index in [0.29, 0.717) is 6.61 Å². The number of ether oxygens (including phenoxy) is 1. The zero-order chi connectivity index (χ0) is 16.5. The van der Waals surface area contributed by atoms with Crippen molar-refractivity contribution in [2.24, 2.45) is 0 Å². The molecule has 1 aromatic heterocycles. The van der Waals surface area contributed by atoms with Crippen LogP contribution in [-0.2, 0) is 13.1 Å². The molecule has 0 aliphatic heterocycles. The van der Waals surface area contributed by atoms with Crippen LogP contribution in [0.5, 0.6) is 5.75 Å². The Labute approximate surface area is 139 Å². The largest absolute Gasteiger partial charge is 0.494 e. The summed E-state index contributed by atoms with van der Waals surface area (Å²) in [5.74, 6) is 0.935. The van der Waals surface area contributed by atoms with Crippen LogP contribution in [-0.4, -0.2) is 48.6 Å². The Morgan fingerprint density at radius 1 is 0.870 bits per heavy atom. The van der Waals surface area contributed by atoms with Crippen LogP contribution in [0.25, 0.3) is 0 Å². The van der Waals surface area contributed by atoms with Crippen LogP contribution >= 0.6 is 0 Å². The van der Waals surface area contributed by atoms with Gasteiger partial charge in [0.2, 0.25) is 0 Å². The zero-order valence-corrected chi connectivity index (χ0v) is 14.4. The lowest BCUT2D eigenvalue weighted by Gasteiger charge is -2.24. The molecule has 0 amide bonds. The predicted molar refractivity (Wildman–Crippen MR) is 94.5 cm³/mol. The van der Waals surface area contributed by atoms with E-state index in [2.05, 4.69) is 65.3 Å². The lowest BCUT2D eigenvalue weighted by molar-refractivity contribution is 0.226.